The predicted octanol–water partition coefficient (Wildman–Crippen LogP) is 2.76. The highest BCUT2D eigenvalue weighted by molar-refractivity contribution is 5.99. The summed E-state index contributed by atoms with van der Waals surface area (Å²) in [7, 11) is 1.61. The van der Waals surface area contributed by atoms with Gasteiger partial charge in [-0.1, -0.05) is 48.5 Å². The molecule has 7 heteroatoms. The number of aromatic nitrogens is 3. The zero-order valence-corrected chi connectivity index (χ0v) is 17.3. The normalized spacial score (nSPS) is 11.0. The largest absolute Gasteiger partial charge is 0.383 e. The van der Waals surface area contributed by atoms with Crippen molar-refractivity contribution in [3.8, 4) is 16.9 Å². The number of fused-ring (bicyclic) bond motifs is 1. The SMILES string of the molecule is COCCn1cc(C(=O)NCCc2ccccc2)c2nn(-c3ccccc3)c(=O)c-2c1. The van der Waals surface area contributed by atoms with Gasteiger partial charge in [0.05, 0.1) is 23.4 Å². The summed E-state index contributed by atoms with van der Waals surface area (Å²) in [4.78, 5) is 26.1. The van der Waals surface area contributed by atoms with E-state index in [0.29, 0.717) is 42.2 Å². The second-order valence-electron chi connectivity index (χ2n) is 7.21. The molecule has 0 unspecified atom stereocenters. The quantitative estimate of drug-likeness (QED) is 0.479. The van der Waals surface area contributed by atoms with Gasteiger partial charge in [0, 0.05) is 32.6 Å². The summed E-state index contributed by atoms with van der Waals surface area (Å²) in [6.45, 7) is 1.47. The minimum atomic E-state index is -0.259. The Morgan fingerprint density at radius 3 is 2.45 bits per heavy atom. The molecule has 1 N–H and O–H groups in total. The number of hydrogen-bond acceptors (Lipinski definition) is 4. The van der Waals surface area contributed by atoms with Crippen molar-refractivity contribution in [3.63, 3.8) is 0 Å². The van der Waals surface area contributed by atoms with Crippen molar-refractivity contribution in [1.29, 1.82) is 0 Å². The number of amides is 1. The van der Waals surface area contributed by atoms with Gasteiger partial charge in [-0.2, -0.15) is 9.78 Å². The highest BCUT2D eigenvalue weighted by atomic mass is 16.5. The standard InChI is InChI=1S/C24H24N4O3/c1-31-15-14-27-16-20(23(29)25-13-12-18-8-4-2-5-9-18)22-21(17-27)24(30)28(26-22)19-10-6-3-7-11-19/h2-11,16-17H,12-15H2,1H3,(H,25,29). The Kier molecular flexibility index (Phi) is 6.24. The Balaban J connectivity index is 1.66. The molecule has 0 bridgehead atoms. The predicted molar refractivity (Wildman–Crippen MR) is 119 cm³/mol. The molecule has 0 spiro atoms. The van der Waals surface area contributed by atoms with Crippen LogP contribution in [0.15, 0.2) is 77.9 Å². The topological polar surface area (TPSA) is 78.2 Å². The summed E-state index contributed by atoms with van der Waals surface area (Å²) in [6.07, 6.45) is 4.17. The van der Waals surface area contributed by atoms with Gasteiger partial charge in [-0.3, -0.25) is 9.59 Å². The smallest absolute Gasteiger partial charge is 0.282 e. The fourth-order valence-electron chi connectivity index (χ4n) is 3.46. The van der Waals surface area contributed by atoms with Crippen LogP contribution in [0.1, 0.15) is 15.9 Å². The van der Waals surface area contributed by atoms with Crippen LogP contribution in [0.2, 0.25) is 0 Å². The molecule has 1 amide bonds. The van der Waals surface area contributed by atoms with E-state index < -0.39 is 0 Å². The third-order valence-electron chi connectivity index (χ3n) is 5.06. The molecule has 31 heavy (non-hydrogen) atoms. The molecule has 0 radical (unpaired) electrons. The van der Waals surface area contributed by atoms with Crippen molar-refractivity contribution in [2.45, 2.75) is 13.0 Å². The van der Waals surface area contributed by atoms with Crippen LogP contribution in [0.3, 0.4) is 0 Å². The molecular weight excluding hydrogens is 392 g/mol. The molecule has 0 saturated carbocycles. The molecule has 2 aromatic rings. The first-order chi connectivity index (χ1) is 15.2. The molecule has 0 aliphatic carbocycles. The van der Waals surface area contributed by atoms with Crippen molar-refractivity contribution in [2.24, 2.45) is 0 Å². The number of rotatable bonds is 8. The summed E-state index contributed by atoms with van der Waals surface area (Å²) >= 11 is 0. The summed E-state index contributed by atoms with van der Waals surface area (Å²) in [5, 5.41) is 7.45. The Hall–Kier alpha value is -3.71. The molecule has 2 aliphatic rings. The third kappa shape index (κ3) is 4.57. The van der Waals surface area contributed by atoms with E-state index in [9.17, 15) is 9.59 Å². The Labute approximate surface area is 180 Å². The average molecular weight is 416 g/mol. The molecule has 2 aromatic carbocycles. The Bertz CT molecular complexity index is 1180. The van der Waals surface area contributed by atoms with Gasteiger partial charge in [0.2, 0.25) is 0 Å². The van der Waals surface area contributed by atoms with Crippen molar-refractivity contribution < 1.29 is 9.53 Å². The number of hydrogen-bond donors (Lipinski definition) is 1. The highest BCUT2D eigenvalue weighted by Crippen LogP contribution is 2.22. The van der Waals surface area contributed by atoms with Gasteiger partial charge in [0.15, 0.2) is 0 Å². The van der Waals surface area contributed by atoms with Gasteiger partial charge in [0.25, 0.3) is 11.5 Å². The Morgan fingerprint density at radius 1 is 1.03 bits per heavy atom. The van der Waals surface area contributed by atoms with Gasteiger partial charge in [-0.05, 0) is 24.1 Å². The molecule has 2 heterocycles. The maximum Gasteiger partial charge on any atom is 0.282 e. The van der Waals surface area contributed by atoms with Crippen LogP contribution >= 0.6 is 0 Å². The molecule has 0 atom stereocenters. The summed E-state index contributed by atoms with van der Waals surface area (Å²) in [6, 6.07) is 19.2. The van der Waals surface area contributed by atoms with Gasteiger partial charge in [0.1, 0.15) is 5.69 Å². The van der Waals surface area contributed by atoms with Crippen LogP contribution in [-0.2, 0) is 17.7 Å². The number of para-hydroxylation sites is 1. The van der Waals surface area contributed by atoms with Crippen LogP contribution in [0, 0.1) is 0 Å². The van der Waals surface area contributed by atoms with E-state index in [-0.39, 0.29) is 11.5 Å². The van der Waals surface area contributed by atoms with E-state index in [1.54, 1.807) is 24.1 Å². The summed E-state index contributed by atoms with van der Waals surface area (Å²) in [5.41, 5.74) is 2.70. The first-order valence-corrected chi connectivity index (χ1v) is 10.2. The van der Waals surface area contributed by atoms with Crippen molar-refractivity contribution >= 4 is 5.91 Å². The summed E-state index contributed by atoms with van der Waals surface area (Å²) in [5.74, 6) is -0.259. The lowest BCUT2D eigenvalue weighted by molar-refractivity contribution is 0.0953. The van der Waals surface area contributed by atoms with Crippen LogP contribution in [0.5, 0.6) is 0 Å². The van der Waals surface area contributed by atoms with Crippen molar-refractivity contribution in [1.82, 2.24) is 19.7 Å². The number of pyridine rings is 1. The first-order valence-electron chi connectivity index (χ1n) is 10.2. The van der Waals surface area contributed by atoms with Crippen LogP contribution in [-0.4, -0.2) is 40.5 Å². The van der Waals surface area contributed by atoms with E-state index >= 15 is 0 Å². The number of nitrogens with zero attached hydrogens (tertiary/aromatic N) is 3. The maximum atomic E-state index is 13.1. The fourth-order valence-corrected chi connectivity index (χ4v) is 3.46. The molecule has 0 aromatic heterocycles. The lowest BCUT2D eigenvalue weighted by Gasteiger charge is -2.12. The first kappa shape index (κ1) is 20.6. The zero-order chi connectivity index (χ0) is 21.6. The average Bonchev–Trinajstić information content (AvgIpc) is 3.15. The highest BCUT2D eigenvalue weighted by Gasteiger charge is 2.24. The Morgan fingerprint density at radius 2 is 1.74 bits per heavy atom. The number of carbonyl (C=O) groups is 1. The molecule has 4 rings (SSSR count). The zero-order valence-electron chi connectivity index (χ0n) is 17.3. The van der Waals surface area contributed by atoms with E-state index in [1.807, 2.05) is 60.7 Å². The fraction of sp³-hybridized carbons (Fsp3) is 0.208. The molecule has 0 saturated heterocycles. The van der Waals surface area contributed by atoms with E-state index in [1.165, 1.54) is 4.68 Å². The van der Waals surface area contributed by atoms with E-state index in [4.69, 9.17) is 4.74 Å². The van der Waals surface area contributed by atoms with Crippen molar-refractivity contribution in [3.05, 3.63) is 94.5 Å². The van der Waals surface area contributed by atoms with Crippen LogP contribution in [0.25, 0.3) is 16.9 Å². The maximum absolute atomic E-state index is 13.1. The molecule has 2 aliphatic heterocycles. The summed E-state index contributed by atoms with van der Waals surface area (Å²) < 4.78 is 8.30. The molecule has 7 nitrogen and oxygen atoms in total. The molecule has 158 valence electrons. The molecule has 0 fully saturated rings. The third-order valence-corrected chi connectivity index (χ3v) is 5.06. The second-order valence-corrected chi connectivity index (χ2v) is 7.21. The second kappa shape index (κ2) is 9.40. The minimum absolute atomic E-state index is 0.258. The van der Waals surface area contributed by atoms with Gasteiger partial charge < -0.3 is 14.6 Å². The minimum Gasteiger partial charge on any atom is -0.383 e. The van der Waals surface area contributed by atoms with E-state index in [0.717, 1.165) is 12.0 Å². The monoisotopic (exact) mass is 416 g/mol. The number of methoxy groups -OCH3 is 1. The van der Waals surface area contributed by atoms with Gasteiger partial charge >= 0.3 is 0 Å². The van der Waals surface area contributed by atoms with Crippen molar-refractivity contribution in [2.75, 3.05) is 20.3 Å². The van der Waals surface area contributed by atoms with Crippen LogP contribution in [0.4, 0.5) is 0 Å². The van der Waals surface area contributed by atoms with E-state index in [2.05, 4.69) is 10.4 Å². The lowest BCUT2D eigenvalue weighted by Crippen LogP contribution is -2.27. The van der Waals surface area contributed by atoms with Crippen LogP contribution < -0.4 is 10.9 Å². The van der Waals surface area contributed by atoms with Gasteiger partial charge in [-0.15, -0.1) is 0 Å². The lowest BCUT2D eigenvalue weighted by atomic mass is 10.1. The van der Waals surface area contributed by atoms with Gasteiger partial charge in [-0.25, -0.2) is 0 Å². The number of benzene rings is 2. The number of ether oxygens (including phenoxy) is 1. The number of nitrogens with one attached hydrogen (secondary N) is 1. The molecular formula is C24H24N4O3. The number of carbonyl (C=O) groups excluding carboxylic acids is 1.